The first-order chi connectivity index (χ1) is 9.77. The summed E-state index contributed by atoms with van der Waals surface area (Å²) in [5.74, 6) is 0.646. The van der Waals surface area contributed by atoms with Crippen molar-refractivity contribution in [2.75, 3.05) is 26.9 Å². The Hall–Kier alpha value is -1.77. The van der Waals surface area contributed by atoms with Crippen LogP contribution in [-0.2, 0) is 9.84 Å². The largest absolute Gasteiger partial charge is 0.334 e. The third-order valence-electron chi connectivity index (χ3n) is 2.84. The number of nitrogens with zero attached hydrogens (tertiary/aromatic N) is 3. The Balaban J connectivity index is 2.30. The molecule has 0 spiro atoms. The Morgan fingerprint density at radius 2 is 2.10 bits per heavy atom. The molecular weight excluding hydrogens is 292 g/mol. The summed E-state index contributed by atoms with van der Waals surface area (Å²) < 4.78 is 28.3. The van der Waals surface area contributed by atoms with E-state index in [-0.39, 0.29) is 16.8 Å². The van der Waals surface area contributed by atoms with Crippen molar-refractivity contribution in [1.29, 1.82) is 0 Å². The number of nitrogens with two attached hydrogens (primary N) is 1. The molecule has 0 saturated heterocycles. The van der Waals surface area contributed by atoms with Gasteiger partial charge < -0.3 is 15.2 Å². The van der Waals surface area contributed by atoms with Crippen LogP contribution in [0.5, 0.6) is 0 Å². The number of aromatic nitrogens is 2. The van der Waals surface area contributed by atoms with Gasteiger partial charge in [-0.15, -0.1) is 0 Å². The van der Waals surface area contributed by atoms with Gasteiger partial charge in [-0.1, -0.05) is 11.2 Å². The lowest BCUT2D eigenvalue weighted by atomic mass is 10.2. The minimum absolute atomic E-state index is 0.206. The van der Waals surface area contributed by atoms with Crippen molar-refractivity contribution in [1.82, 2.24) is 15.0 Å². The first kappa shape index (κ1) is 15.6. The van der Waals surface area contributed by atoms with Crippen LogP contribution in [0.25, 0.3) is 11.5 Å². The predicted molar refractivity (Wildman–Crippen MR) is 78.3 cm³/mol. The quantitative estimate of drug-likeness (QED) is 0.867. The van der Waals surface area contributed by atoms with Gasteiger partial charge in [0.05, 0.1) is 10.9 Å². The van der Waals surface area contributed by atoms with Crippen molar-refractivity contribution in [3.8, 4) is 11.5 Å². The zero-order valence-electron chi connectivity index (χ0n) is 12.1. The Bertz CT molecular complexity index is 725. The molecule has 0 radical (unpaired) electrons. The predicted octanol–water partition coefficient (Wildman–Crippen LogP) is 0.701. The Morgan fingerprint density at radius 1 is 1.38 bits per heavy atom. The Morgan fingerprint density at radius 3 is 2.71 bits per heavy atom. The highest BCUT2D eigenvalue weighted by atomic mass is 32.2. The van der Waals surface area contributed by atoms with Gasteiger partial charge in [0, 0.05) is 18.4 Å². The molecule has 1 unspecified atom stereocenters. The van der Waals surface area contributed by atoms with Crippen molar-refractivity contribution in [3.05, 3.63) is 30.1 Å². The molecule has 1 heterocycles. The molecule has 0 bridgehead atoms. The fourth-order valence-electron chi connectivity index (χ4n) is 1.84. The summed E-state index contributed by atoms with van der Waals surface area (Å²) in [5, 5.41) is 3.85. The molecule has 1 aromatic heterocycles. The number of benzene rings is 1. The molecule has 0 amide bonds. The second-order valence-electron chi connectivity index (χ2n) is 5.13. The number of hydrogen-bond donors (Lipinski definition) is 1. The van der Waals surface area contributed by atoms with E-state index in [1.54, 1.807) is 12.1 Å². The van der Waals surface area contributed by atoms with E-state index >= 15 is 0 Å². The van der Waals surface area contributed by atoms with Crippen molar-refractivity contribution in [2.45, 2.75) is 10.9 Å². The van der Waals surface area contributed by atoms with Gasteiger partial charge in [0.1, 0.15) is 0 Å². The van der Waals surface area contributed by atoms with E-state index in [0.29, 0.717) is 17.9 Å². The smallest absolute Gasteiger partial charge is 0.258 e. The standard InChI is InChI=1S/C13H18N4O3S/c1-17(2)8-11(14)12-15-13(20-16-12)9-5-4-6-10(7-9)21(3,18)19/h4-7,11H,8,14H2,1-3H3. The van der Waals surface area contributed by atoms with Crippen LogP contribution in [0, 0.1) is 0 Å². The third kappa shape index (κ3) is 3.87. The summed E-state index contributed by atoms with van der Waals surface area (Å²) in [6.45, 7) is 0.586. The van der Waals surface area contributed by atoms with Gasteiger partial charge in [0.25, 0.3) is 5.89 Å². The number of hydrogen-bond acceptors (Lipinski definition) is 7. The summed E-state index contributed by atoms with van der Waals surface area (Å²) in [6.07, 6.45) is 1.15. The maximum absolute atomic E-state index is 11.6. The number of rotatable bonds is 5. The third-order valence-corrected chi connectivity index (χ3v) is 3.95. The highest BCUT2D eigenvalue weighted by Crippen LogP contribution is 2.22. The minimum Gasteiger partial charge on any atom is -0.334 e. The molecule has 0 aliphatic rings. The van der Waals surface area contributed by atoms with Gasteiger partial charge in [-0.3, -0.25) is 0 Å². The minimum atomic E-state index is -3.28. The normalized spacial score (nSPS) is 13.6. The van der Waals surface area contributed by atoms with Gasteiger partial charge in [-0.25, -0.2) is 8.42 Å². The maximum atomic E-state index is 11.6. The molecule has 2 N–H and O–H groups in total. The summed E-state index contributed by atoms with van der Waals surface area (Å²) in [4.78, 5) is 6.36. The first-order valence-electron chi connectivity index (χ1n) is 6.32. The van der Waals surface area contributed by atoms with Crippen molar-refractivity contribution in [3.63, 3.8) is 0 Å². The van der Waals surface area contributed by atoms with Crippen LogP contribution in [0.3, 0.4) is 0 Å². The molecule has 0 aliphatic carbocycles. The lowest BCUT2D eigenvalue weighted by Gasteiger charge is -2.12. The first-order valence-corrected chi connectivity index (χ1v) is 8.21. The van der Waals surface area contributed by atoms with Gasteiger partial charge in [0.2, 0.25) is 0 Å². The molecule has 2 aromatic rings. The number of sulfone groups is 1. The van der Waals surface area contributed by atoms with E-state index in [4.69, 9.17) is 10.3 Å². The van der Waals surface area contributed by atoms with Gasteiger partial charge >= 0.3 is 0 Å². The van der Waals surface area contributed by atoms with E-state index in [1.807, 2.05) is 19.0 Å². The van der Waals surface area contributed by atoms with Crippen LogP contribution >= 0.6 is 0 Å². The highest BCUT2D eigenvalue weighted by Gasteiger charge is 2.17. The lowest BCUT2D eigenvalue weighted by molar-refractivity contribution is 0.357. The molecule has 1 aromatic carbocycles. The molecule has 0 fully saturated rings. The molecule has 7 nitrogen and oxygen atoms in total. The van der Waals surface area contributed by atoms with Crippen LogP contribution in [0.4, 0.5) is 0 Å². The van der Waals surface area contributed by atoms with Crippen LogP contribution < -0.4 is 5.73 Å². The van der Waals surface area contributed by atoms with Crippen molar-refractivity contribution in [2.24, 2.45) is 5.73 Å². The summed E-state index contributed by atoms with van der Waals surface area (Å²) in [6, 6.07) is 6.01. The van der Waals surface area contributed by atoms with E-state index in [1.165, 1.54) is 12.1 Å². The van der Waals surface area contributed by atoms with E-state index in [2.05, 4.69) is 10.1 Å². The van der Waals surface area contributed by atoms with Crippen molar-refractivity contribution >= 4 is 9.84 Å². The second kappa shape index (κ2) is 5.92. The Kier molecular flexibility index (Phi) is 4.40. The maximum Gasteiger partial charge on any atom is 0.258 e. The van der Waals surface area contributed by atoms with Crippen LogP contribution in [0.2, 0.25) is 0 Å². The van der Waals surface area contributed by atoms with Gasteiger partial charge in [-0.2, -0.15) is 4.98 Å². The highest BCUT2D eigenvalue weighted by molar-refractivity contribution is 7.90. The molecule has 114 valence electrons. The summed E-state index contributed by atoms with van der Waals surface area (Å²) >= 11 is 0. The summed E-state index contributed by atoms with van der Waals surface area (Å²) in [5.41, 5.74) is 6.51. The van der Waals surface area contributed by atoms with Crippen LogP contribution in [-0.4, -0.2) is 50.4 Å². The molecule has 21 heavy (non-hydrogen) atoms. The molecule has 0 aliphatic heterocycles. The zero-order chi connectivity index (χ0) is 15.6. The van der Waals surface area contributed by atoms with E-state index < -0.39 is 9.84 Å². The molecular formula is C13H18N4O3S. The van der Waals surface area contributed by atoms with Gasteiger partial charge in [0.15, 0.2) is 15.7 Å². The fraction of sp³-hybridized carbons (Fsp3) is 0.385. The SMILES string of the molecule is CN(C)CC(N)c1noc(-c2cccc(S(C)(=O)=O)c2)n1. The molecule has 2 rings (SSSR count). The molecule has 0 saturated carbocycles. The topological polar surface area (TPSA) is 102 Å². The van der Waals surface area contributed by atoms with Crippen LogP contribution in [0.15, 0.2) is 33.7 Å². The zero-order valence-corrected chi connectivity index (χ0v) is 13.0. The average molecular weight is 310 g/mol. The fourth-order valence-corrected chi connectivity index (χ4v) is 2.50. The monoisotopic (exact) mass is 310 g/mol. The van der Waals surface area contributed by atoms with Gasteiger partial charge in [-0.05, 0) is 32.3 Å². The molecule has 8 heteroatoms. The molecule has 1 atom stereocenters. The van der Waals surface area contributed by atoms with E-state index in [9.17, 15) is 8.42 Å². The average Bonchev–Trinajstić information content (AvgIpc) is 2.86. The van der Waals surface area contributed by atoms with Crippen LogP contribution in [0.1, 0.15) is 11.9 Å². The van der Waals surface area contributed by atoms with E-state index in [0.717, 1.165) is 6.26 Å². The number of likely N-dealkylation sites (N-methyl/N-ethyl adjacent to an activating group) is 1. The lowest BCUT2D eigenvalue weighted by Crippen LogP contribution is -2.26. The van der Waals surface area contributed by atoms with Crippen molar-refractivity contribution < 1.29 is 12.9 Å². The second-order valence-corrected chi connectivity index (χ2v) is 7.14. The summed E-state index contributed by atoms with van der Waals surface area (Å²) in [7, 11) is 0.519. The Labute approximate surface area is 123 Å².